The first-order chi connectivity index (χ1) is 13.7. The van der Waals surface area contributed by atoms with Gasteiger partial charge in [-0.1, -0.05) is 24.3 Å². The fraction of sp³-hybridized carbons (Fsp3) is 0.348. The summed E-state index contributed by atoms with van der Waals surface area (Å²) < 4.78 is 12.9. The summed E-state index contributed by atoms with van der Waals surface area (Å²) in [6.07, 6.45) is 4.57. The van der Waals surface area contributed by atoms with Crippen LogP contribution in [0.15, 0.2) is 54.7 Å². The molecule has 1 fully saturated rings. The van der Waals surface area contributed by atoms with Gasteiger partial charge in [0.1, 0.15) is 0 Å². The number of fused-ring (bicyclic) bond motifs is 1. The number of nitrogens with zero attached hydrogens (tertiary/aromatic N) is 2. The predicted octanol–water partition coefficient (Wildman–Crippen LogP) is 4.41. The van der Waals surface area contributed by atoms with Crippen LogP contribution in [-0.4, -0.2) is 36.1 Å². The van der Waals surface area contributed by atoms with Crippen molar-refractivity contribution < 1.29 is 14.3 Å². The zero-order valence-corrected chi connectivity index (χ0v) is 16.4. The third-order valence-electron chi connectivity index (χ3n) is 5.61. The zero-order chi connectivity index (χ0) is 19.5. The highest BCUT2D eigenvalue weighted by Gasteiger charge is 2.30. The number of ether oxygens (including phenoxy) is 2. The lowest BCUT2D eigenvalue weighted by molar-refractivity contribution is -0.132. The van der Waals surface area contributed by atoms with E-state index in [0.717, 1.165) is 24.9 Å². The second-order valence-corrected chi connectivity index (χ2v) is 7.18. The molecule has 3 aromatic rings. The Morgan fingerprint density at radius 1 is 1.07 bits per heavy atom. The summed E-state index contributed by atoms with van der Waals surface area (Å²) in [5.41, 5.74) is 2.28. The zero-order valence-electron chi connectivity index (χ0n) is 16.4. The number of likely N-dealkylation sites (tertiary alicyclic amines) is 1. The van der Waals surface area contributed by atoms with Crippen LogP contribution in [0.25, 0.3) is 10.9 Å². The number of para-hydroxylation sites is 1. The summed E-state index contributed by atoms with van der Waals surface area (Å²) in [4.78, 5) is 15.0. The highest BCUT2D eigenvalue weighted by atomic mass is 16.5. The number of aromatic nitrogens is 1. The van der Waals surface area contributed by atoms with Crippen LogP contribution in [0.4, 0.5) is 0 Å². The van der Waals surface area contributed by atoms with Gasteiger partial charge >= 0.3 is 0 Å². The van der Waals surface area contributed by atoms with Crippen molar-refractivity contribution >= 4 is 16.8 Å². The number of methoxy groups -OCH3 is 2. The number of hydrogen-bond acceptors (Lipinski definition) is 3. The molecular formula is C23H26N2O3. The highest BCUT2D eigenvalue weighted by molar-refractivity contribution is 5.81. The number of carbonyl (C=O) groups excluding carboxylic acids is 1. The molecule has 1 amide bonds. The Labute approximate surface area is 165 Å². The molecule has 0 spiro atoms. The van der Waals surface area contributed by atoms with Crippen molar-refractivity contribution in [3.63, 3.8) is 0 Å². The number of aryl methyl sites for hydroxylation is 1. The summed E-state index contributed by atoms with van der Waals surface area (Å²) in [5, 5.41) is 1.21. The predicted molar refractivity (Wildman–Crippen MR) is 110 cm³/mol. The van der Waals surface area contributed by atoms with E-state index in [1.807, 2.05) is 35.2 Å². The second-order valence-electron chi connectivity index (χ2n) is 7.18. The van der Waals surface area contributed by atoms with E-state index < -0.39 is 0 Å². The maximum Gasteiger partial charge on any atom is 0.224 e. The molecule has 1 unspecified atom stereocenters. The fourth-order valence-electron chi connectivity index (χ4n) is 4.17. The summed E-state index contributed by atoms with van der Waals surface area (Å²) >= 11 is 0. The van der Waals surface area contributed by atoms with Crippen LogP contribution in [0, 0.1) is 0 Å². The molecule has 0 radical (unpaired) electrons. The largest absolute Gasteiger partial charge is 0.493 e. The summed E-state index contributed by atoms with van der Waals surface area (Å²) in [6, 6.07) is 16.4. The minimum absolute atomic E-state index is 0.105. The van der Waals surface area contributed by atoms with E-state index in [1.165, 1.54) is 10.9 Å². The van der Waals surface area contributed by atoms with Crippen LogP contribution in [0.1, 0.15) is 30.9 Å². The molecule has 2 aromatic carbocycles. The van der Waals surface area contributed by atoms with Crippen LogP contribution < -0.4 is 9.47 Å². The first-order valence-electron chi connectivity index (χ1n) is 9.76. The van der Waals surface area contributed by atoms with Gasteiger partial charge in [0.05, 0.1) is 20.3 Å². The van der Waals surface area contributed by atoms with Crippen LogP contribution in [0.2, 0.25) is 0 Å². The van der Waals surface area contributed by atoms with Crippen molar-refractivity contribution in [2.75, 3.05) is 20.8 Å². The third-order valence-corrected chi connectivity index (χ3v) is 5.61. The van der Waals surface area contributed by atoms with Crippen molar-refractivity contribution in [2.24, 2.45) is 0 Å². The SMILES string of the molecule is COc1ccc(C2CCCN2C(=O)CCn2ccc3ccccc32)cc1OC. The lowest BCUT2D eigenvalue weighted by atomic mass is 10.0. The number of benzene rings is 2. The molecule has 0 bridgehead atoms. The minimum Gasteiger partial charge on any atom is -0.493 e. The molecule has 1 saturated heterocycles. The third kappa shape index (κ3) is 3.44. The smallest absolute Gasteiger partial charge is 0.224 e. The van der Waals surface area contributed by atoms with Crippen LogP contribution in [0.3, 0.4) is 0 Å². The molecule has 5 heteroatoms. The number of hydrogen-bond donors (Lipinski definition) is 0. The molecule has 146 valence electrons. The number of rotatable bonds is 6. The van der Waals surface area contributed by atoms with Gasteiger partial charge in [-0.25, -0.2) is 0 Å². The Morgan fingerprint density at radius 3 is 2.71 bits per heavy atom. The van der Waals surface area contributed by atoms with E-state index in [-0.39, 0.29) is 11.9 Å². The Balaban J connectivity index is 1.48. The average molecular weight is 378 g/mol. The minimum atomic E-state index is 0.105. The lowest BCUT2D eigenvalue weighted by Crippen LogP contribution is -2.31. The molecular weight excluding hydrogens is 352 g/mol. The molecule has 28 heavy (non-hydrogen) atoms. The van der Waals surface area contributed by atoms with Crippen molar-refractivity contribution in [1.82, 2.24) is 9.47 Å². The standard InChI is InChI=1S/C23H26N2O3/c1-27-21-10-9-18(16-22(21)28-2)20-8-5-13-25(20)23(26)12-15-24-14-11-17-6-3-4-7-19(17)24/h3-4,6-7,9-11,14,16,20H,5,8,12-13,15H2,1-2H3. The maximum absolute atomic E-state index is 13.0. The quantitative estimate of drug-likeness (QED) is 0.638. The molecule has 0 aliphatic carbocycles. The van der Waals surface area contributed by atoms with Crippen molar-refractivity contribution in [3.05, 3.63) is 60.3 Å². The Hall–Kier alpha value is -2.95. The van der Waals surface area contributed by atoms with Crippen LogP contribution in [0.5, 0.6) is 11.5 Å². The second kappa shape index (κ2) is 7.97. The molecule has 1 aliphatic rings. The Bertz CT molecular complexity index is 979. The molecule has 0 N–H and O–H groups in total. The molecule has 1 aromatic heterocycles. The van der Waals surface area contributed by atoms with Crippen molar-refractivity contribution in [3.8, 4) is 11.5 Å². The first-order valence-corrected chi connectivity index (χ1v) is 9.76. The first kappa shape index (κ1) is 18.4. The Kier molecular flexibility index (Phi) is 5.24. The fourth-order valence-corrected chi connectivity index (χ4v) is 4.17. The van der Waals surface area contributed by atoms with Gasteiger partial charge in [0.15, 0.2) is 11.5 Å². The molecule has 0 saturated carbocycles. The molecule has 5 nitrogen and oxygen atoms in total. The van der Waals surface area contributed by atoms with Gasteiger partial charge in [-0.05, 0) is 48.1 Å². The number of carbonyl (C=O) groups is 1. The Morgan fingerprint density at radius 2 is 1.89 bits per heavy atom. The monoisotopic (exact) mass is 378 g/mol. The average Bonchev–Trinajstić information content (AvgIpc) is 3.39. The lowest BCUT2D eigenvalue weighted by Gasteiger charge is -2.26. The van der Waals surface area contributed by atoms with Gasteiger partial charge in [-0.15, -0.1) is 0 Å². The van der Waals surface area contributed by atoms with E-state index >= 15 is 0 Å². The van der Waals surface area contributed by atoms with Crippen LogP contribution >= 0.6 is 0 Å². The molecule has 2 heterocycles. The van der Waals surface area contributed by atoms with Crippen molar-refractivity contribution in [1.29, 1.82) is 0 Å². The van der Waals surface area contributed by atoms with E-state index in [1.54, 1.807) is 14.2 Å². The summed E-state index contributed by atoms with van der Waals surface area (Å²) in [5.74, 6) is 1.62. The summed E-state index contributed by atoms with van der Waals surface area (Å²) in [6.45, 7) is 1.51. The highest BCUT2D eigenvalue weighted by Crippen LogP contribution is 2.37. The van der Waals surface area contributed by atoms with Gasteiger partial charge in [0, 0.05) is 31.2 Å². The van der Waals surface area contributed by atoms with Gasteiger partial charge in [0.25, 0.3) is 0 Å². The van der Waals surface area contributed by atoms with E-state index in [4.69, 9.17) is 9.47 Å². The van der Waals surface area contributed by atoms with Crippen LogP contribution in [-0.2, 0) is 11.3 Å². The van der Waals surface area contributed by atoms with E-state index in [2.05, 4.69) is 29.0 Å². The summed E-state index contributed by atoms with van der Waals surface area (Å²) in [7, 11) is 3.27. The van der Waals surface area contributed by atoms with Gasteiger partial charge < -0.3 is 18.9 Å². The normalized spacial score (nSPS) is 16.5. The van der Waals surface area contributed by atoms with Gasteiger partial charge in [-0.2, -0.15) is 0 Å². The van der Waals surface area contributed by atoms with Crippen molar-refractivity contribution in [2.45, 2.75) is 31.8 Å². The van der Waals surface area contributed by atoms with Gasteiger partial charge in [-0.3, -0.25) is 4.79 Å². The van der Waals surface area contributed by atoms with E-state index in [0.29, 0.717) is 24.5 Å². The van der Waals surface area contributed by atoms with E-state index in [9.17, 15) is 4.79 Å². The topological polar surface area (TPSA) is 43.7 Å². The number of amides is 1. The molecule has 1 aliphatic heterocycles. The molecule has 4 rings (SSSR count). The maximum atomic E-state index is 13.0. The molecule has 1 atom stereocenters. The van der Waals surface area contributed by atoms with Gasteiger partial charge in [0.2, 0.25) is 5.91 Å².